The summed E-state index contributed by atoms with van der Waals surface area (Å²) in [7, 11) is 0. The van der Waals surface area contributed by atoms with Gasteiger partial charge in [-0.05, 0) is 63.4 Å². The molecule has 0 unspecified atom stereocenters. The second kappa shape index (κ2) is 11.2. The Morgan fingerprint density at radius 1 is 0.449 bits per heavy atom. The summed E-state index contributed by atoms with van der Waals surface area (Å²) in [5, 5.41) is 7.25. The van der Waals surface area contributed by atoms with Gasteiger partial charge in [-0.2, -0.15) is 0 Å². The van der Waals surface area contributed by atoms with Crippen LogP contribution in [0.5, 0.6) is 0 Å². The van der Waals surface area contributed by atoms with Crippen molar-refractivity contribution < 1.29 is 0 Å². The third kappa shape index (κ3) is 4.61. The molecule has 0 N–H and O–H groups in total. The number of benzene rings is 6. The van der Waals surface area contributed by atoms with E-state index in [4.69, 9.17) is 9.97 Å². The molecule has 49 heavy (non-hydrogen) atoms. The van der Waals surface area contributed by atoms with Crippen LogP contribution in [-0.2, 0) is 0 Å². The minimum absolute atomic E-state index is 0.921. The van der Waals surface area contributed by atoms with Gasteiger partial charge in [-0.25, -0.2) is 4.98 Å². The molecular weight excluding hydrogens is 615 g/mol. The van der Waals surface area contributed by atoms with Crippen LogP contribution in [0, 0.1) is 0 Å². The van der Waals surface area contributed by atoms with E-state index in [9.17, 15) is 0 Å². The molecule has 10 rings (SSSR count). The van der Waals surface area contributed by atoms with Gasteiger partial charge in [0.15, 0.2) is 0 Å². The lowest BCUT2D eigenvalue weighted by Gasteiger charge is -2.14. The fourth-order valence-corrected chi connectivity index (χ4v) is 8.43. The first-order valence-corrected chi connectivity index (χ1v) is 17.2. The molecule has 0 spiro atoms. The maximum absolute atomic E-state index is 5.43. The summed E-state index contributed by atoms with van der Waals surface area (Å²) in [5.41, 5.74) is 10.8. The van der Waals surface area contributed by atoms with Crippen molar-refractivity contribution in [3.05, 3.63) is 164 Å². The molecule has 4 heterocycles. The van der Waals surface area contributed by atoms with Crippen molar-refractivity contribution in [2.75, 3.05) is 0 Å². The van der Waals surface area contributed by atoms with E-state index in [1.807, 2.05) is 36.0 Å². The summed E-state index contributed by atoms with van der Waals surface area (Å²) in [6, 6.07) is 52.1. The molecule has 0 bridgehead atoms. The molecule has 228 valence electrons. The van der Waals surface area contributed by atoms with E-state index < -0.39 is 0 Å². The van der Waals surface area contributed by atoms with Crippen LogP contribution in [0.4, 0.5) is 0 Å². The summed E-state index contributed by atoms with van der Waals surface area (Å²) in [6.07, 6.45) is 5.65. The zero-order valence-corrected chi connectivity index (χ0v) is 27.2. The molecule has 0 radical (unpaired) electrons. The molecular formula is C45H27N3S. The van der Waals surface area contributed by atoms with E-state index in [-0.39, 0.29) is 0 Å². The van der Waals surface area contributed by atoms with E-state index in [0.717, 1.165) is 44.4 Å². The number of aromatic nitrogens is 3. The second-order valence-corrected chi connectivity index (χ2v) is 13.5. The van der Waals surface area contributed by atoms with Gasteiger partial charge in [0.25, 0.3) is 0 Å². The van der Waals surface area contributed by atoms with Crippen LogP contribution in [-0.4, -0.2) is 15.0 Å². The SMILES string of the molecule is c1ccc(-c2ccnc3c2nc(-c2ccc(-c4ccc5ccc(-c6cccnc6)cc5c4)cc2)c2ccc4c5ccccc5sc4c23)cc1. The van der Waals surface area contributed by atoms with E-state index in [2.05, 4.69) is 145 Å². The fourth-order valence-electron chi connectivity index (χ4n) is 7.17. The van der Waals surface area contributed by atoms with Crippen molar-refractivity contribution in [1.29, 1.82) is 0 Å². The third-order valence-electron chi connectivity index (χ3n) is 9.60. The first-order chi connectivity index (χ1) is 24.3. The molecule has 0 saturated heterocycles. The highest BCUT2D eigenvalue weighted by Crippen LogP contribution is 2.44. The molecule has 0 aliphatic heterocycles. The summed E-state index contributed by atoms with van der Waals surface area (Å²) in [5.74, 6) is 0. The monoisotopic (exact) mass is 641 g/mol. The average Bonchev–Trinajstić information content (AvgIpc) is 3.56. The minimum Gasteiger partial charge on any atom is -0.264 e. The lowest BCUT2D eigenvalue weighted by Crippen LogP contribution is -1.94. The Hall–Kier alpha value is -6.23. The lowest BCUT2D eigenvalue weighted by atomic mass is 9.95. The Balaban J connectivity index is 1.16. The number of hydrogen-bond acceptors (Lipinski definition) is 4. The van der Waals surface area contributed by atoms with Gasteiger partial charge in [-0.3, -0.25) is 9.97 Å². The molecule has 10 aromatic rings. The Morgan fingerprint density at radius 3 is 1.98 bits per heavy atom. The molecule has 3 nitrogen and oxygen atoms in total. The third-order valence-corrected chi connectivity index (χ3v) is 10.8. The summed E-state index contributed by atoms with van der Waals surface area (Å²) in [4.78, 5) is 14.7. The van der Waals surface area contributed by atoms with E-state index in [1.165, 1.54) is 53.0 Å². The van der Waals surface area contributed by atoms with E-state index >= 15 is 0 Å². The van der Waals surface area contributed by atoms with Gasteiger partial charge in [-0.1, -0.05) is 115 Å². The quantitative estimate of drug-likeness (QED) is 0.180. The molecule has 0 fully saturated rings. The summed E-state index contributed by atoms with van der Waals surface area (Å²) in [6.45, 7) is 0. The maximum atomic E-state index is 5.43. The van der Waals surface area contributed by atoms with Gasteiger partial charge < -0.3 is 0 Å². The minimum atomic E-state index is 0.921. The van der Waals surface area contributed by atoms with Gasteiger partial charge in [-0.15, -0.1) is 11.3 Å². The lowest BCUT2D eigenvalue weighted by molar-refractivity contribution is 1.33. The van der Waals surface area contributed by atoms with Crippen molar-refractivity contribution in [2.45, 2.75) is 0 Å². The fraction of sp³-hybridized carbons (Fsp3) is 0. The van der Waals surface area contributed by atoms with E-state index in [1.54, 1.807) is 0 Å². The zero-order valence-electron chi connectivity index (χ0n) is 26.3. The highest BCUT2D eigenvalue weighted by molar-refractivity contribution is 7.26. The first kappa shape index (κ1) is 27.8. The van der Waals surface area contributed by atoms with Crippen molar-refractivity contribution in [3.63, 3.8) is 0 Å². The number of rotatable bonds is 4. The van der Waals surface area contributed by atoms with Crippen molar-refractivity contribution in [1.82, 2.24) is 15.0 Å². The predicted molar refractivity (Wildman–Crippen MR) is 207 cm³/mol. The summed E-state index contributed by atoms with van der Waals surface area (Å²) >= 11 is 1.84. The smallest absolute Gasteiger partial charge is 0.0986 e. The van der Waals surface area contributed by atoms with Crippen molar-refractivity contribution in [3.8, 4) is 44.6 Å². The van der Waals surface area contributed by atoms with Gasteiger partial charge in [0.05, 0.1) is 16.7 Å². The first-order valence-electron chi connectivity index (χ1n) is 16.4. The van der Waals surface area contributed by atoms with Crippen LogP contribution in [0.3, 0.4) is 0 Å². The molecule has 0 aliphatic rings. The van der Waals surface area contributed by atoms with Crippen molar-refractivity contribution >= 4 is 64.1 Å². The van der Waals surface area contributed by atoms with E-state index in [0.29, 0.717) is 0 Å². The standard InChI is InChI=1S/C45H27N3S/c1-2-7-30(8-3-1)36-22-24-47-44-41-39(21-20-38-37-10-4-5-11-40(37)49-45(38)41)42(48-43(36)44)31-16-12-28(13-17-31)32-18-14-29-15-19-33(26-35(29)25-32)34-9-6-23-46-27-34/h1-27H. The molecule has 6 aromatic carbocycles. The molecule has 0 atom stereocenters. The number of fused-ring (bicyclic) bond motifs is 8. The number of thiophene rings is 1. The number of pyridine rings is 3. The number of nitrogens with zero attached hydrogens (tertiary/aromatic N) is 3. The Morgan fingerprint density at radius 2 is 1.16 bits per heavy atom. The second-order valence-electron chi connectivity index (χ2n) is 12.4. The van der Waals surface area contributed by atoms with Gasteiger partial charge in [0.2, 0.25) is 0 Å². The van der Waals surface area contributed by atoms with Crippen LogP contribution in [0.15, 0.2) is 164 Å². The molecule has 0 saturated carbocycles. The number of hydrogen-bond donors (Lipinski definition) is 0. The molecule has 0 amide bonds. The van der Waals surface area contributed by atoms with Gasteiger partial charge in [0, 0.05) is 66.2 Å². The van der Waals surface area contributed by atoms with Gasteiger partial charge >= 0.3 is 0 Å². The Bertz CT molecular complexity index is 2860. The van der Waals surface area contributed by atoms with Crippen LogP contribution < -0.4 is 0 Å². The average molecular weight is 642 g/mol. The molecule has 4 aromatic heterocycles. The van der Waals surface area contributed by atoms with Crippen LogP contribution in [0.1, 0.15) is 0 Å². The predicted octanol–water partition coefficient (Wildman–Crippen LogP) is 12.4. The topological polar surface area (TPSA) is 38.7 Å². The molecule has 0 aliphatic carbocycles. The maximum Gasteiger partial charge on any atom is 0.0986 e. The zero-order chi connectivity index (χ0) is 32.3. The highest BCUT2D eigenvalue weighted by atomic mass is 32.1. The van der Waals surface area contributed by atoms with Crippen LogP contribution in [0.25, 0.3) is 97.4 Å². The Labute approximate surface area is 286 Å². The van der Waals surface area contributed by atoms with Gasteiger partial charge in [0.1, 0.15) is 0 Å². The summed E-state index contributed by atoms with van der Waals surface area (Å²) < 4.78 is 2.53. The largest absolute Gasteiger partial charge is 0.264 e. The molecule has 4 heteroatoms. The van der Waals surface area contributed by atoms with Crippen LogP contribution >= 0.6 is 11.3 Å². The van der Waals surface area contributed by atoms with Crippen LogP contribution in [0.2, 0.25) is 0 Å². The highest BCUT2D eigenvalue weighted by Gasteiger charge is 2.19. The Kier molecular flexibility index (Phi) is 6.36. The normalized spacial score (nSPS) is 11.7. The van der Waals surface area contributed by atoms with Crippen molar-refractivity contribution in [2.24, 2.45) is 0 Å².